The molecule has 3 rings (SSSR count). The van der Waals surface area contributed by atoms with Gasteiger partial charge in [-0.3, -0.25) is 25.2 Å². The van der Waals surface area contributed by atoms with E-state index in [1.165, 1.54) is 14.0 Å². The highest BCUT2D eigenvalue weighted by Gasteiger charge is 2.61. The summed E-state index contributed by atoms with van der Waals surface area (Å²) in [4.78, 5) is 24.5. The number of carbonyl (C=O) groups excluding carboxylic acids is 1. The number of guanidine groups is 1. The molecule has 2 aromatic rings. The van der Waals surface area contributed by atoms with Gasteiger partial charge in [0.1, 0.15) is 11.6 Å². The molecular formula is C21H25ClN6O3. The number of halogens is 1. The SMILES string of the molecule is C[C@H](NC1(C(=O)N/C(=N/N)N(C)N)C[C@H]1c1ccc(-c2cccc(Cl)c2)cc1)C(=O)O. The number of benzene rings is 2. The molecule has 0 radical (unpaired) electrons. The molecule has 10 heteroatoms. The average molecular weight is 445 g/mol. The number of nitrogens with two attached hydrogens (primary N) is 2. The van der Waals surface area contributed by atoms with Crippen LogP contribution in [0.2, 0.25) is 5.02 Å². The zero-order chi connectivity index (χ0) is 22.8. The van der Waals surface area contributed by atoms with Crippen LogP contribution in [-0.4, -0.2) is 46.6 Å². The third-order valence-electron chi connectivity index (χ3n) is 5.36. The molecule has 1 fully saturated rings. The second-order valence-electron chi connectivity index (χ2n) is 7.58. The Labute approximate surface area is 185 Å². The molecule has 0 saturated heterocycles. The van der Waals surface area contributed by atoms with Crippen LogP contribution in [0.1, 0.15) is 24.8 Å². The van der Waals surface area contributed by atoms with Gasteiger partial charge in [0.2, 0.25) is 11.9 Å². The van der Waals surface area contributed by atoms with Gasteiger partial charge in [0.15, 0.2) is 0 Å². The van der Waals surface area contributed by atoms with Crippen molar-refractivity contribution in [1.82, 2.24) is 15.6 Å². The van der Waals surface area contributed by atoms with Crippen molar-refractivity contribution in [1.29, 1.82) is 0 Å². The Morgan fingerprint density at radius 1 is 1.26 bits per heavy atom. The van der Waals surface area contributed by atoms with Crippen molar-refractivity contribution in [2.45, 2.75) is 30.8 Å². The molecule has 0 aromatic heterocycles. The van der Waals surface area contributed by atoms with Gasteiger partial charge < -0.3 is 10.9 Å². The highest BCUT2D eigenvalue weighted by molar-refractivity contribution is 6.30. The quantitative estimate of drug-likeness (QED) is 0.196. The Morgan fingerprint density at radius 3 is 2.48 bits per heavy atom. The van der Waals surface area contributed by atoms with Gasteiger partial charge in [-0.1, -0.05) is 48.0 Å². The monoisotopic (exact) mass is 444 g/mol. The fourth-order valence-corrected chi connectivity index (χ4v) is 3.78. The predicted molar refractivity (Wildman–Crippen MR) is 119 cm³/mol. The normalized spacial score (nSPS) is 21.3. The molecule has 164 valence electrons. The molecule has 1 unspecified atom stereocenters. The lowest BCUT2D eigenvalue weighted by Gasteiger charge is -2.23. The molecule has 0 aliphatic heterocycles. The Kier molecular flexibility index (Phi) is 6.49. The molecule has 0 heterocycles. The summed E-state index contributed by atoms with van der Waals surface area (Å²) in [6.07, 6.45) is 0.416. The van der Waals surface area contributed by atoms with Crippen molar-refractivity contribution in [2.75, 3.05) is 7.05 Å². The summed E-state index contributed by atoms with van der Waals surface area (Å²) in [5.74, 6) is 9.14. The molecule has 7 N–H and O–H groups in total. The first kappa shape index (κ1) is 22.5. The molecule has 9 nitrogen and oxygen atoms in total. The molecule has 3 atom stereocenters. The highest BCUT2D eigenvalue weighted by Crippen LogP contribution is 2.52. The van der Waals surface area contributed by atoms with E-state index in [2.05, 4.69) is 15.7 Å². The van der Waals surface area contributed by atoms with Crippen molar-refractivity contribution in [3.8, 4) is 11.1 Å². The van der Waals surface area contributed by atoms with E-state index in [1.54, 1.807) is 0 Å². The summed E-state index contributed by atoms with van der Waals surface area (Å²) in [7, 11) is 1.48. The van der Waals surface area contributed by atoms with E-state index >= 15 is 0 Å². The van der Waals surface area contributed by atoms with Gasteiger partial charge in [-0.05, 0) is 42.2 Å². The van der Waals surface area contributed by atoms with Crippen LogP contribution in [0.4, 0.5) is 0 Å². The number of hydrogen-bond donors (Lipinski definition) is 5. The van der Waals surface area contributed by atoms with Crippen LogP contribution in [0.5, 0.6) is 0 Å². The molecule has 0 spiro atoms. The van der Waals surface area contributed by atoms with Crippen molar-refractivity contribution in [3.05, 3.63) is 59.1 Å². The smallest absolute Gasteiger partial charge is 0.320 e. The summed E-state index contributed by atoms with van der Waals surface area (Å²) >= 11 is 6.08. The van der Waals surface area contributed by atoms with Gasteiger partial charge in [-0.2, -0.15) is 0 Å². The maximum atomic E-state index is 13.1. The number of hydrazine groups is 1. The average Bonchev–Trinajstić information content (AvgIpc) is 3.47. The van der Waals surface area contributed by atoms with Crippen LogP contribution in [0.25, 0.3) is 11.1 Å². The minimum atomic E-state index is -1.12. The van der Waals surface area contributed by atoms with Crippen molar-refractivity contribution in [2.24, 2.45) is 16.8 Å². The first-order valence-electron chi connectivity index (χ1n) is 9.62. The van der Waals surface area contributed by atoms with E-state index in [9.17, 15) is 14.7 Å². The fraction of sp³-hybridized carbons (Fsp3) is 0.286. The van der Waals surface area contributed by atoms with E-state index in [0.717, 1.165) is 21.7 Å². The standard InChI is InChI=1S/C21H25ClN6O3/c1-12(18(29)30)26-21(19(31)25-20(27-23)28(2)24)11-17(21)14-8-6-13(7-9-14)15-4-3-5-16(22)10-15/h3-10,12,17,26H,11,23-24H2,1-2H3,(H,29,30)(H,25,27,31)/t12-,17-,21?/m0/s1. The van der Waals surface area contributed by atoms with Gasteiger partial charge in [0, 0.05) is 18.0 Å². The maximum absolute atomic E-state index is 13.1. The Morgan fingerprint density at radius 2 is 1.94 bits per heavy atom. The van der Waals surface area contributed by atoms with Gasteiger partial charge in [-0.25, -0.2) is 5.84 Å². The number of aliphatic carboxylic acids is 1. The van der Waals surface area contributed by atoms with Crippen LogP contribution in [0.15, 0.2) is 53.6 Å². The van der Waals surface area contributed by atoms with E-state index in [4.69, 9.17) is 23.3 Å². The third kappa shape index (κ3) is 4.79. The molecule has 31 heavy (non-hydrogen) atoms. The second-order valence-corrected chi connectivity index (χ2v) is 8.02. The van der Waals surface area contributed by atoms with Crippen LogP contribution in [0, 0.1) is 0 Å². The highest BCUT2D eigenvalue weighted by atomic mass is 35.5. The Bertz CT molecular complexity index is 1010. The molecule has 0 bridgehead atoms. The van der Waals surface area contributed by atoms with Gasteiger partial charge in [-0.15, -0.1) is 5.10 Å². The number of carbonyl (C=O) groups is 2. The lowest BCUT2D eigenvalue weighted by Crippen LogP contribution is -2.57. The molecule has 2 aromatic carbocycles. The minimum Gasteiger partial charge on any atom is -0.480 e. The van der Waals surface area contributed by atoms with Gasteiger partial charge in [0.05, 0.1) is 0 Å². The fourth-order valence-electron chi connectivity index (χ4n) is 3.59. The summed E-state index contributed by atoms with van der Waals surface area (Å²) in [5, 5.41) is 20.0. The van der Waals surface area contributed by atoms with Crippen molar-refractivity contribution >= 4 is 29.4 Å². The van der Waals surface area contributed by atoms with Crippen LogP contribution in [0.3, 0.4) is 0 Å². The first-order chi connectivity index (χ1) is 14.7. The zero-order valence-corrected chi connectivity index (χ0v) is 17.9. The first-order valence-corrected chi connectivity index (χ1v) is 10.00. The van der Waals surface area contributed by atoms with E-state index in [0.29, 0.717) is 11.4 Å². The third-order valence-corrected chi connectivity index (χ3v) is 5.60. The lowest BCUT2D eigenvalue weighted by molar-refractivity contribution is -0.139. The van der Waals surface area contributed by atoms with Crippen molar-refractivity contribution < 1.29 is 14.7 Å². The Balaban J connectivity index is 1.85. The predicted octanol–water partition coefficient (Wildman–Crippen LogP) is 1.45. The maximum Gasteiger partial charge on any atom is 0.320 e. The second kappa shape index (κ2) is 8.93. The van der Waals surface area contributed by atoms with E-state index in [1.807, 2.05) is 48.5 Å². The molecule has 1 aliphatic carbocycles. The molecule has 1 aliphatic rings. The zero-order valence-electron chi connectivity index (χ0n) is 17.2. The number of nitrogens with one attached hydrogen (secondary N) is 2. The van der Waals surface area contributed by atoms with Crippen molar-refractivity contribution in [3.63, 3.8) is 0 Å². The van der Waals surface area contributed by atoms with E-state index in [-0.39, 0.29) is 11.9 Å². The number of carboxylic acid groups (broad SMARTS) is 1. The van der Waals surface area contributed by atoms with Gasteiger partial charge >= 0.3 is 5.97 Å². The molecular weight excluding hydrogens is 420 g/mol. The molecule has 1 saturated carbocycles. The number of hydrazone groups is 1. The topological polar surface area (TPSA) is 146 Å². The van der Waals surface area contributed by atoms with Crippen LogP contribution < -0.4 is 22.3 Å². The number of rotatable bonds is 6. The van der Waals surface area contributed by atoms with Crippen LogP contribution >= 0.6 is 11.6 Å². The number of nitrogens with zero attached hydrogens (tertiary/aromatic N) is 2. The van der Waals surface area contributed by atoms with E-state index < -0.39 is 23.5 Å². The van der Waals surface area contributed by atoms with Gasteiger partial charge in [0.25, 0.3) is 0 Å². The minimum absolute atomic E-state index is 0.0314. The number of carboxylic acids is 1. The lowest BCUT2D eigenvalue weighted by atomic mass is 10.00. The number of amides is 1. The largest absolute Gasteiger partial charge is 0.480 e. The summed E-state index contributed by atoms with van der Waals surface area (Å²) in [6.45, 7) is 1.49. The summed E-state index contributed by atoms with van der Waals surface area (Å²) in [6, 6.07) is 14.3. The van der Waals surface area contributed by atoms with Crippen LogP contribution in [-0.2, 0) is 9.59 Å². The molecule has 1 amide bonds. The summed E-state index contributed by atoms with van der Waals surface area (Å²) in [5.41, 5.74) is 1.74. The Hall–Kier alpha value is -3.14. The summed E-state index contributed by atoms with van der Waals surface area (Å²) < 4.78 is 0. The number of hydrogen-bond acceptors (Lipinski definition) is 6.